The van der Waals surface area contributed by atoms with E-state index in [1.807, 2.05) is 25.1 Å². The largest absolute Gasteiger partial charge is 0.351 e. The van der Waals surface area contributed by atoms with Crippen LogP contribution in [-0.4, -0.2) is 17.8 Å². The van der Waals surface area contributed by atoms with Gasteiger partial charge in [0.15, 0.2) is 0 Å². The summed E-state index contributed by atoms with van der Waals surface area (Å²) in [6.45, 7) is 6.99. The number of halogens is 2. The second-order valence-electron chi connectivity index (χ2n) is 4.94. The lowest BCUT2D eigenvalue weighted by Gasteiger charge is -2.29. The van der Waals surface area contributed by atoms with Crippen LogP contribution in [-0.2, 0) is 0 Å². The molecule has 0 bridgehead atoms. The second kappa shape index (κ2) is 7.44. The van der Waals surface area contributed by atoms with Crippen LogP contribution in [0.25, 0.3) is 0 Å². The minimum atomic E-state index is 0.00558. The van der Waals surface area contributed by atoms with Gasteiger partial charge in [-0.3, -0.25) is 4.79 Å². The van der Waals surface area contributed by atoms with Gasteiger partial charge >= 0.3 is 0 Å². The Bertz CT molecular complexity index is 434. The highest BCUT2D eigenvalue weighted by Gasteiger charge is 2.25. The molecule has 0 aliphatic heterocycles. The first-order valence-corrected chi connectivity index (χ1v) is 8.50. The second-order valence-corrected chi connectivity index (χ2v) is 6.35. The third-order valence-corrected chi connectivity index (χ3v) is 5.97. The van der Waals surface area contributed by atoms with Gasteiger partial charge in [-0.1, -0.05) is 51.8 Å². The zero-order valence-electron chi connectivity index (χ0n) is 11.7. The third-order valence-electron chi connectivity index (χ3n) is 3.92. The monoisotopic (exact) mass is 389 g/mol. The van der Waals surface area contributed by atoms with Crippen LogP contribution in [0.1, 0.15) is 42.6 Å². The van der Waals surface area contributed by atoms with E-state index in [0.29, 0.717) is 6.54 Å². The van der Waals surface area contributed by atoms with Crippen LogP contribution in [0.5, 0.6) is 0 Å². The van der Waals surface area contributed by atoms with E-state index in [1.54, 1.807) is 0 Å². The van der Waals surface area contributed by atoms with Crippen LogP contribution in [0.3, 0.4) is 0 Å². The Morgan fingerprint density at radius 3 is 2.47 bits per heavy atom. The highest BCUT2D eigenvalue weighted by atomic mass is 79.9. The van der Waals surface area contributed by atoms with E-state index in [9.17, 15) is 4.79 Å². The lowest BCUT2D eigenvalue weighted by molar-refractivity contribution is 0.0931. The topological polar surface area (TPSA) is 29.1 Å². The summed E-state index contributed by atoms with van der Waals surface area (Å²) in [5.74, 6) is 0.00558. The average molecular weight is 391 g/mol. The summed E-state index contributed by atoms with van der Waals surface area (Å²) in [6, 6.07) is 5.71. The Labute approximate surface area is 132 Å². The first-order valence-electron chi connectivity index (χ1n) is 6.59. The van der Waals surface area contributed by atoms with Crippen LogP contribution in [0.2, 0.25) is 0 Å². The maximum Gasteiger partial charge on any atom is 0.251 e. The standard InChI is InChI=1S/C15H21Br2NO/c1-4-15(5-2,9-16)10-18-14(19)12-7-6-8-13(17)11(12)3/h6-8H,4-5,9-10H2,1-3H3,(H,18,19). The lowest BCUT2D eigenvalue weighted by Crippen LogP contribution is -2.38. The van der Waals surface area contributed by atoms with Gasteiger partial charge in [0.05, 0.1) is 0 Å². The summed E-state index contributed by atoms with van der Waals surface area (Å²) < 4.78 is 0.970. The molecule has 0 atom stereocenters. The SMILES string of the molecule is CCC(CC)(CBr)CNC(=O)c1cccc(Br)c1C. The van der Waals surface area contributed by atoms with E-state index in [1.165, 1.54) is 0 Å². The van der Waals surface area contributed by atoms with Gasteiger partial charge < -0.3 is 5.32 Å². The van der Waals surface area contributed by atoms with Gasteiger partial charge in [-0.25, -0.2) is 0 Å². The molecule has 0 saturated carbocycles. The molecule has 1 rings (SSSR count). The predicted molar refractivity (Wildman–Crippen MR) is 88.0 cm³/mol. The summed E-state index contributed by atoms with van der Waals surface area (Å²) in [5, 5.41) is 3.98. The Kier molecular flexibility index (Phi) is 6.54. The molecule has 0 aliphatic rings. The van der Waals surface area contributed by atoms with Crippen molar-refractivity contribution in [2.45, 2.75) is 33.6 Å². The molecule has 0 aromatic heterocycles. The summed E-state index contributed by atoms with van der Waals surface area (Å²) in [7, 11) is 0. The number of carbonyl (C=O) groups is 1. The van der Waals surface area contributed by atoms with Crippen molar-refractivity contribution >= 4 is 37.8 Å². The zero-order chi connectivity index (χ0) is 14.5. The van der Waals surface area contributed by atoms with E-state index < -0.39 is 0 Å². The van der Waals surface area contributed by atoms with Crippen molar-refractivity contribution in [1.82, 2.24) is 5.32 Å². The number of amides is 1. The molecule has 0 aliphatic carbocycles. The van der Waals surface area contributed by atoms with Crippen molar-refractivity contribution in [1.29, 1.82) is 0 Å². The van der Waals surface area contributed by atoms with Crippen LogP contribution in [0.15, 0.2) is 22.7 Å². The van der Waals surface area contributed by atoms with Gasteiger partial charge in [-0.05, 0) is 42.9 Å². The molecule has 0 fully saturated rings. The van der Waals surface area contributed by atoms with Gasteiger partial charge in [0.25, 0.3) is 5.91 Å². The molecule has 0 saturated heterocycles. The highest BCUT2D eigenvalue weighted by Crippen LogP contribution is 2.28. The molecule has 1 amide bonds. The molecule has 19 heavy (non-hydrogen) atoms. The fourth-order valence-electron chi connectivity index (χ4n) is 1.95. The summed E-state index contributed by atoms with van der Waals surface area (Å²) in [4.78, 5) is 12.3. The number of hydrogen-bond acceptors (Lipinski definition) is 1. The molecular weight excluding hydrogens is 370 g/mol. The van der Waals surface area contributed by atoms with Gasteiger partial charge in [0, 0.05) is 21.9 Å². The van der Waals surface area contributed by atoms with Crippen molar-refractivity contribution in [2.75, 3.05) is 11.9 Å². The maximum absolute atomic E-state index is 12.3. The first kappa shape index (κ1) is 16.7. The van der Waals surface area contributed by atoms with Gasteiger partial charge in [-0.15, -0.1) is 0 Å². The lowest BCUT2D eigenvalue weighted by atomic mass is 9.84. The van der Waals surface area contributed by atoms with E-state index in [0.717, 1.165) is 33.8 Å². The van der Waals surface area contributed by atoms with E-state index in [4.69, 9.17) is 0 Å². The number of hydrogen-bond donors (Lipinski definition) is 1. The molecule has 0 heterocycles. The molecule has 2 nitrogen and oxygen atoms in total. The van der Waals surface area contributed by atoms with Crippen LogP contribution < -0.4 is 5.32 Å². The summed E-state index contributed by atoms with van der Waals surface area (Å²) in [6.07, 6.45) is 2.10. The summed E-state index contributed by atoms with van der Waals surface area (Å²) in [5.41, 5.74) is 1.87. The van der Waals surface area contributed by atoms with Crippen LogP contribution >= 0.6 is 31.9 Å². The van der Waals surface area contributed by atoms with Crippen molar-refractivity contribution < 1.29 is 4.79 Å². The number of nitrogens with one attached hydrogen (secondary N) is 1. The predicted octanol–water partition coefficient (Wildman–Crippen LogP) is 4.69. The fourth-order valence-corrected chi connectivity index (χ4v) is 3.31. The summed E-state index contributed by atoms with van der Waals surface area (Å²) >= 11 is 7.03. The molecule has 0 radical (unpaired) electrons. The Balaban J connectivity index is 2.78. The Morgan fingerprint density at radius 2 is 1.95 bits per heavy atom. The number of alkyl halides is 1. The maximum atomic E-state index is 12.3. The number of rotatable bonds is 6. The van der Waals surface area contributed by atoms with Crippen molar-refractivity contribution in [3.05, 3.63) is 33.8 Å². The quantitative estimate of drug-likeness (QED) is 0.701. The molecule has 4 heteroatoms. The number of benzene rings is 1. The van der Waals surface area contributed by atoms with Crippen molar-refractivity contribution in [3.8, 4) is 0 Å². The molecular formula is C15H21Br2NO. The van der Waals surface area contributed by atoms with Crippen LogP contribution in [0, 0.1) is 12.3 Å². The minimum Gasteiger partial charge on any atom is -0.351 e. The Morgan fingerprint density at radius 1 is 1.32 bits per heavy atom. The van der Waals surface area contributed by atoms with Gasteiger partial charge in [0.1, 0.15) is 0 Å². The number of carbonyl (C=O) groups excluding carboxylic acids is 1. The fraction of sp³-hybridized carbons (Fsp3) is 0.533. The molecule has 1 aromatic carbocycles. The van der Waals surface area contributed by atoms with E-state index >= 15 is 0 Å². The van der Waals surface area contributed by atoms with Gasteiger partial charge in [-0.2, -0.15) is 0 Å². The average Bonchev–Trinajstić information content (AvgIpc) is 2.44. The van der Waals surface area contributed by atoms with Gasteiger partial charge in [0.2, 0.25) is 0 Å². The third kappa shape index (κ3) is 4.06. The molecule has 1 aromatic rings. The van der Waals surface area contributed by atoms with Crippen molar-refractivity contribution in [2.24, 2.45) is 5.41 Å². The van der Waals surface area contributed by atoms with Crippen LogP contribution in [0.4, 0.5) is 0 Å². The smallest absolute Gasteiger partial charge is 0.251 e. The van der Waals surface area contributed by atoms with E-state index in [2.05, 4.69) is 51.0 Å². The minimum absolute atomic E-state index is 0.00558. The normalized spacial score (nSPS) is 11.4. The highest BCUT2D eigenvalue weighted by molar-refractivity contribution is 9.10. The zero-order valence-corrected chi connectivity index (χ0v) is 14.9. The molecule has 0 unspecified atom stereocenters. The van der Waals surface area contributed by atoms with Crippen molar-refractivity contribution in [3.63, 3.8) is 0 Å². The molecule has 0 spiro atoms. The molecule has 1 N–H and O–H groups in total. The molecule has 106 valence electrons. The van der Waals surface area contributed by atoms with E-state index in [-0.39, 0.29) is 11.3 Å². The Hall–Kier alpha value is -0.350. The first-order chi connectivity index (χ1) is 8.99.